The van der Waals surface area contributed by atoms with Crippen molar-refractivity contribution in [1.82, 2.24) is 14.9 Å². The van der Waals surface area contributed by atoms with Crippen molar-refractivity contribution in [3.05, 3.63) is 71.0 Å². The number of nitrogens with one attached hydrogen (secondary N) is 2. The van der Waals surface area contributed by atoms with Crippen molar-refractivity contribution in [2.75, 3.05) is 7.11 Å². The summed E-state index contributed by atoms with van der Waals surface area (Å²) >= 11 is 0. The van der Waals surface area contributed by atoms with Gasteiger partial charge in [0.05, 0.1) is 29.3 Å². The fraction of sp³-hybridized carbons (Fsp3) is 0.160. The molecule has 2 aromatic heterocycles. The Labute approximate surface area is 182 Å². The third kappa shape index (κ3) is 2.51. The van der Waals surface area contributed by atoms with Crippen molar-refractivity contribution in [2.24, 2.45) is 0 Å². The summed E-state index contributed by atoms with van der Waals surface area (Å²) in [5.41, 5.74) is 5.60. The number of para-hydroxylation sites is 1. The molecule has 0 bridgehead atoms. The first-order valence-corrected chi connectivity index (χ1v) is 10.5. The Morgan fingerprint density at radius 3 is 2.66 bits per heavy atom. The molecule has 158 valence electrons. The molecule has 2 aliphatic rings. The molecule has 0 atom stereocenters. The molecule has 0 saturated carbocycles. The number of hydrogen-bond acceptors (Lipinski definition) is 4. The molecule has 4 heterocycles. The fourth-order valence-corrected chi connectivity index (χ4v) is 5.00. The molecule has 0 spiro atoms. The van der Waals surface area contributed by atoms with Gasteiger partial charge >= 0.3 is 5.97 Å². The number of aromatic nitrogens is 2. The Balaban J connectivity index is 1.60. The average molecular weight is 425 g/mol. The van der Waals surface area contributed by atoms with E-state index in [1.54, 1.807) is 24.4 Å². The maximum absolute atomic E-state index is 13.0. The van der Waals surface area contributed by atoms with E-state index in [1.165, 1.54) is 12.7 Å². The van der Waals surface area contributed by atoms with Gasteiger partial charge in [0.15, 0.2) is 0 Å². The van der Waals surface area contributed by atoms with Gasteiger partial charge in [0.25, 0.3) is 11.8 Å². The van der Waals surface area contributed by atoms with Crippen LogP contribution >= 0.6 is 0 Å². The number of methoxy groups -OCH3 is 1. The second-order valence-corrected chi connectivity index (χ2v) is 8.14. The second-order valence-electron chi connectivity index (χ2n) is 8.14. The predicted molar refractivity (Wildman–Crippen MR) is 120 cm³/mol. The van der Waals surface area contributed by atoms with Crippen molar-refractivity contribution >= 4 is 50.7 Å². The SMILES string of the molecule is COC(=O)c1ccc2c(C3=C(c4cn5c6c(cccc46)CCC5)C(=O)NC3=O)c[nH]c2c1. The van der Waals surface area contributed by atoms with Gasteiger partial charge in [0, 0.05) is 46.4 Å². The lowest BCUT2D eigenvalue weighted by Gasteiger charge is -2.14. The first-order valence-electron chi connectivity index (χ1n) is 10.5. The van der Waals surface area contributed by atoms with E-state index < -0.39 is 17.8 Å². The minimum absolute atomic E-state index is 0.343. The topological polar surface area (TPSA) is 93.2 Å². The number of fused-ring (bicyclic) bond motifs is 1. The van der Waals surface area contributed by atoms with Crippen molar-refractivity contribution in [3.63, 3.8) is 0 Å². The molecule has 6 rings (SSSR count). The van der Waals surface area contributed by atoms with E-state index in [1.807, 2.05) is 18.3 Å². The lowest BCUT2D eigenvalue weighted by molar-refractivity contribution is -0.122. The summed E-state index contributed by atoms with van der Waals surface area (Å²) in [5.74, 6) is -1.25. The highest BCUT2D eigenvalue weighted by Gasteiger charge is 2.35. The Morgan fingerprint density at radius 2 is 1.84 bits per heavy atom. The van der Waals surface area contributed by atoms with Crippen LogP contribution in [0.2, 0.25) is 0 Å². The molecule has 32 heavy (non-hydrogen) atoms. The van der Waals surface area contributed by atoms with Gasteiger partial charge in [0.2, 0.25) is 0 Å². The number of carbonyl (C=O) groups excluding carboxylic acids is 3. The largest absolute Gasteiger partial charge is 0.465 e. The number of nitrogens with zero attached hydrogens (tertiary/aromatic N) is 1. The lowest BCUT2D eigenvalue weighted by atomic mass is 9.94. The van der Waals surface area contributed by atoms with Crippen LogP contribution < -0.4 is 5.32 Å². The van der Waals surface area contributed by atoms with E-state index in [2.05, 4.69) is 20.9 Å². The zero-order valence-corrected chi connectivity index (χ0v) is 17.3. The molecule has 7 nitrogen and oxygen atoms in total. The zero-order valence-electron chi connectivity index (χ0n) is 17.3. The summed E-state index contributed by atoms with van der Waals surface area (Å²) in [5, 5.41) is 4.21. The van der Waals surface area contributed by atoms with Crippen molar-refractivity contribution in [3.8, 4) is 0 Å². The van der Waals surface area contributed by atoms with Gasteiger partial charge in [-0.3, -0.25) is 14.9 Å². The Hall–Kier alpha value is -4.13. The molecule has 0 saturated heterocycles. The van der Waals surface area contributed by atoms with Crippen LogP contribution in [0.15, 0.2) is 48.8 Å². The van der Waals surface area contributed by atoms with Gasteiger partial charge < -0.3 is 14.3 Å². The van der Waals surface area contributed by atoms with Crippen LogP contribution in [0.4, 0.5) is 0 Å². The highest BCUT2D eigenvalue weighted by atomic mass is 16.5. The van der Waals surface area contributed by atoms with Gasteiger partial charge in [-0.15, -0.1) is 0 Å². The maximum Gasteiger partial charge on any atom is 0.337 e. The van der Waals surface area contributed by atoms with E-state index in [4.69, 9.17) is 4.74 Å². The van der Waals surface area contributed by atoms with Crippen molar-refractivity contribution < 1.29 is 19.1 Å². The monoisotopic (exact) mass is 425 g/mol. The maximum atomic E-state index is 13.0. The number of aromatic amines is 1. The molecule has 0 aliphatic carbocycles. The highest BCUT2D eigenvalue weighted by molar-refractivity contribution is 6.50. The molecular weight excluding hydrogens is 406 g/mol. The Morgan fingerprint density at radius 1 is 1.03 bits per heavy atom. The minimum Gasteiger partial charge on any atom is -0.465 e. The number of hydrogen-bond donors (Lipinski definition) is 2. The van der Waals surface area contributed by atoms with Crippen LogP contribution in [0.3, 0.4) is 0 Å². The van der Waals surface area contributed by atoms with E-state index in [-0.39, 0.29) is 0 Å². The highest BCUT2D eigenvalue weighted by Crippen LogP contribution is 2.40. The molecule has 2 aliphatic heterocycles. The quantitative estimate of drug-likeness (QED) is 0.389. The molecule has 0 unspecified atom stereocenters. The fourth-order valence-electron chi connectivity index (χ4n) is 5.00. The molecule has 4 aromatic rings. The number of rotatable bonds is 3. The third-order valence-electron chi connectivity index (χ3n) is 6.40. The predicted octanol–water partition coefficient (Wildman–Crippen LogP) is 3.42. The number of imide groups is 1. The lowest BCUT2D eigenvalue weighted by Crippen LogP contribution is -2.22. The van der Waals surface area contributed by atoms with E-state index in [9.17, 15) is 14.4 Å². The number of benzene rings is 2. The van der Waals surface area contributed by atoms with Crippen LogP contribution in [0, 0.1) is 0 Å². The van der Waals surface area contributed by atoms with Crippen molar-refractivity contribution in [2.45, 2.75) is 19.4 Å². The minimum atomic E-state index is -0.439. The van der Waals surface area contributed by atoms with E-state index in [0.717, 1.165) is 41.2 Å². The number of aryl methyl sites for hydroxylation is 2. The normalized spacial score (nSPS) is 15.7. The molecular formula is C25H19N3O4. The molecule has 2 amide bonds. The van der Waals surface area contributed by atoms with Crippen molar-refractivity contribution in [1.29, 1.82) is 0 Å². The molecule has 0 fully saturated rings. The van der Waals surface area contributed by atoms with E-state index >= 15 is 0 Å². The number of esters is 1. The van der Waals surface area contributed by atoms with Gasteiger partial charge in [-0.1, -0.05) is 24.3 Å². The van der Waals surface area contributed by atoms with Gasteiger partial charge in [-0.05, 0) is 30.5 Å². The number of carbonyl (C=O) groups is 3. The summed E-state index contributed by atoms with van der Waals surface area (Å²) in [4.78, 5) is 40.9. The smallest absolute Gasteiger partial charge is 0.337 e. The summed E-state index contributed by atoms with van der Waals surface area (Å²) < 4.78 is 6.98. The van der Waals surface area contributed by atoms with Crippen LogP contribution in [0.25, 0.3) is 33.0 Å². The molecule has 0 radical (unpaired) electrons. The standard InChI is InChI=1S/C25H19N3O4/c1-32-25(31)14-7-8-15-17(11-26-19(15)10-14)20-21(24(30)27-23(20)29)18-12-28-9-3-5-13-4-2-6-16(18)22(13)28/h2,4,6-8,10-12,26H,3,5,9H2,1H3,(H,27,29,30). The summed E-state index contributed by atoms with van der Waals surface area (Å²) in [6, 6.07) is 11.2. The first kappa shape index (κ1) is 18.6. The van der Waals surface area contributed by atoms with Crippen LogP contribution in [0.1, 0.15) is 33.5 Å². The first-order chi connectivity index (χ1) is 15.6. The summed E-state index contributed by atoms with van der Waals surface area (Å²) in [6.07, 6.45) is 5.75. The van der Waals surface area contributed by atoms with Gasteiger partial charge in [0.1, 0.15) is 0 Å². The number of H-pyrrole nitrogens is 1. The average Bonchev–Trinajstić information content (AvgIpc) is 3.47. The number of ether oxygens (including phenoxy) is 1. The Kier molecular flexibility index (Phi) is 3.89. The zero-order chi connectivity index (χ0) is 22.0. The Bertz CT molecular complexity index is 1520. The van der Waals surface area contributed by atoms with E-state index in [0.29, 0.717) is 27.8 Å². The summed E-state index contributed by atoms with van der Waals surface area (Å²) in [7, 11) is 1.33. The van der Waals surface area contributed by atoms with Crippen LogP contribution in [0.5, 0.6) is 0 Å². The third-order valence-corrected chi connectivity index (χ3v) is 6.40. The van der Waals surface area contributed by atoms with Crippen LogP contribution in [-0.4, -0.2) is 34.4 Å². The number of amides is 2. The van der Waals surface area contributed by atoms with Crippen LogP contribution in [-0.2, 0) is 27.3 Å². The van der Waals surface area contributed by atoms with Gasteiger partial charge in [-0.25, -0.2) is 4.79 Å². The molecule has 2 N–H and O–H groups in total. The molecule has 7 heteroatoms. The molecule has 2 aromatic carbocycles. The summed E-state index contributed by atoms with van der Waals surface area (Å²) in [6.45, 7) is 0.884. The van der Waals surface area contributed by atoms with Gasteiger partial charge in [-0.2, -0.15) is 0 Å². The second kappa shape index (κ2) is 6.68.